The molecule has 0 aliphatic rings. The maximum atomic E-state index is 6.80. The van der Waals surface area contributed by atoms with E-state index in [1.165, 1.54) is 0 Å². The molecule has 0 spiro atoms. The van der Waals surface area contributed by atoms with E-state index in [4.69, 9.17) is 18.8 Å². The zero-order chi connectivity index (χ0) is 32.1. The van der Waals surface area contributed by atoms with Crippen LogP contribution in [0.15, 0.2) is 160 Å². The van der Waals surface area contributed by atoms with Gasteiger partial charge in [-0.15, -0.1) is 0 Å². The zero-order valence-corrected chi connectivity index (χ0v) is 26.1. The molecular weight excluding hydrogens is 603 g/mol. The Bertz CT molecular complexity index is 3100. The van der Waals surface area contributed by atoms with Crippen LogP contribution in [0.4, 0.5) is 0 Å². The average Bonchev–Trinajstić information content (AvgIpc) is 3.85. The molecule has 0 unspecified atom stereocenters. The number of rotatable bonds is 3. The van der Waals surface area contributed by atoms with Crippen LogP contribution in [0.1, 0.15) is 0 Å². The number of hydrogen-bond donors (Lipinski definition) is 0. The first-order valence-electron chi connectivity index (χ1n) is 16.4. The quantitative estimate of drug-likeness (QED) is 0.196. The van der Waals surface area contributed by atoms with Gasteiger partial charge in [0.2, 0.25) is 0 Å². The summed E-state index contributed by atoms with van der Waals surface area (Å²) in [6, 6.07) is 52.2. The van der Waals surface area contributed by atoms with Gasteiger partial charge in [0.15, 0.2) is 11.4 Å². The van der Waals surface area contributed by atoms with Gasteiger partial charge >= 0.3 is 0 Å². The lowest BCUT2D eigenvalue weighted by Crippen LogP contribution is -1.98. The predicted octanol–water partition coefficient (Wildman–Crippen LogP) is 11.9. The van der Waals surface area contributed by atoms with Gasteiger partial charge in [-0.1, -0.05) is 115 Å². The van der Waals surface area contributed by atoms with Crippen LogP contribution in [-0.2, 0) is 0 Å². The van der Waals surface area contributed by atoms with Crippen molar-refractivity contribution < 1.29 is 8.83 Å². The Morgan fingerprint density at radius 3 is 1.82 bits per heavy atom. The van der Waals surface area contributed by atoms with Gasteiger partial charge in [0.25, 0.3) is 0 Å². The Kier molecular flexibility index (Phi) is 5.32. The topological polar surface area (TPSA) is 57.0 Å². The van der Waals surface area contributed by atoms with E-state index >= 15 is 0 Å². The van der Waals surface area contributed by atoms with Crippen molar-refractivity contribution in [3.8, 4) is 28.3 Å². The summed E-state index contributed by atoms with van der Waals surface area (Å²) in [7, 11) is 0. The van der Waals surface area contributed by atoms with Gasteiger partial charge < -0.3 is 13.4 Å². The third-order valence-corrected chi connectivity index (χ3v) is 9.77. The molecule has 7 aromatic carbocycles. The van der Waals surface area contributed by atoms with Crippen LogP contribution in [0.5, 0.6) is 0 Å². The van der Waals surface area contributed by atoms with Gasteiger partial charge in [0, 0.05) is 49.1 Å². The fourth-order valence-electron chi connectivity index (χ4n) is 7.67. The van der Waals surface area contributed by atoms with Gasteiger partial charge in [0.1, 0.15) is 16.7 Å². The summed E-state index contributed by atoms with van der Waals surface area (Å²) in [4.78, 5) is 10.3. The molecule has 11 rings (SSSR count). The molecule has 11 aromatic rings. The van der Waals surface area contributed by atoms with E-state index in [1.54, 1.807) is 0 Å². The largest absolute Gasteiger partial charge is 0.455 e. The Balaban J connectivity index is 1.31. The second kappa shape index (κ2) is 9.89. The predicted molar refractivity (Wildman–Crippen MR) is 199 cm³/mol. The summed E-state index contributed by atoms with van der Waals surface area (Å²) in [5.74, 6) is 0.703. The van der Waals surface area contributed by atoms with Gasteiger partial charge in [-0.05, 0) is 36.4 Å². The molecule has 0 aliphatic heterocycles. The molecule has 4 aromatic heterocycles. The van der Waals surface area contributed by atoms with E-state index < -0.39 is 0 Å². The van der Waals surface area contributed by atoms with E-state index in [-0.39, 0.29) is 0 Å². The van der Waals surface area contributed by atoms with Crippen molar-refractivity contribution in [2.45, 2.75) is 0 Å². The lowest BCUT2D eigenvalue weighted by molar-refractivity contribution is 0.664. The second-order valence-corrected chi connectivity index (χ2v) is 12.5. The second-order valence-electron chi connectivity index (χ2n) is 12.5. The number of para-hydroxylation sites is 3. The fourth-order valence-corrected chi connectivity index (χ4v) is 7.67. The van der Waals surface area contributed by atoms with Crippen molar-refractivity contribution in [3.05, 3.63) is 152 Å². The number of fused-ring (bicyclic) bond motifs is 13. The van der Waals surface area contributed by atoms with Gasteiger partial charge in [0.05, 0.1) is 27.6 Å². The van der Waals surface area contributed by atoms with Crippen LogP contribution in [0, 0.1) is 0 Å². The SMILES string of the molecule is c1ccc(-c2nc(-c3ccccc3)c3cc(-n4c5ccccc5c5c6c7ccccc7oc6c6c7ccccc7oc6c54)ccc3n2)cc1. The third kappa shape index (κ3) is 3.70. The van der Waals surface area contributed by atoms with Crippen LogP contribution in [0.2, 0.25) is 0 Å². The molecule has 0 fully saturated rings. The minimum Gasteiger partial charge on any atom is -0.455 e. The molecule has 0 bridgehead atoms. The van der Waals surface area contributed by atoms with E-state index in [0.717, 1.165) is 99.1 Å². The number of aromatic nitrogens is 3. The van der Waals surface area contributed by atoms with Crippen LogP contribution >= 0.6 is 0 Å². The summed E-state index contributed by atoms with van der Waals surface area (Å²) in [5.41, 5.74) is 10.2. The molecule has 0 saturated heterocycles. The van der Waals surface area contributed by atoms with Crippen molar-refractivity contribution in [2.24, 2.45) is 0 Å². The lowest BCUT2D eigenvalue weighted by Gasteiger charge is -2.13. The highest BCUT2D eigenvalue weighted by Gasteiger charge is 2.26. The Morgan fingerprint density at radius 2 is 1.06 bits per heavy atom. The fraction of sp³-hybridized carbons (Fsp3) is 0. The smallest absolute Gasteiger partial charge is 0.163 e. The molecule has 0 N–H and O–H groups in total. The van der Waals surface area contributed by atoms with Crippen molar-refractivity contribution >= 4 is 76.6 Å². The van der Waals surface area contributed by atoms with Crippen molar-refractivity contribution in [3.63, 3.8) is 0 Å². The Morgan fingerprint density at radius 1 is 0.449 bits per heavy atom. The van der Waals surface area contributed by atoms with Crippen molar-refractivity contribution in [2.75, 3.05) is 0 Å². The summed E-state index contributed by atoms with van der Waals surface area (Å²) in [6.45, 7) is 0. The molecule has 5 heteroatoms. The number of benzene rings is 7. The number of nitrogens with zero attached hydrogens (tertiary/aromatic N) is 3. The molecule has 228 valence electrons. The summed E-state index contributed by atoms with van der Waals surface area (Å²) in [6.07, 6.45) is 0. The van der Waals surface area contributed by atoms with Gasteiger partial charge in [-0.25, -0.2) is 9.97 Å². The van der Waals surface area contributed by atoms with E-state index in [2.05, 4.69) is 108 Å². The highest BCUT2D eigenvalue weighted by atomic mass is 16.3. The number of furan rings is 2. The minimum absolute atomic E-state index is 0.703. The highest BCUT2D eigenvalue weighted by Crippen LogP contribution is 2.48. The molecule has 0 amide bonds. The van der Waals surface area contributed by atoms with E-state index in [1.807, 2.05) is 48.5 Å². The summed E-state index contributed by atoms with van der Waals surface area (Å²) >= 11 is 0. The van der Waals surface area contributed by atoms with Crippen molar-refractivity contribution in [1.29, 1.82) is 0 Å². The van der Waals surface area contributed by atoms with Gasteiger partial charge in [-0.2, -0.15) is 0 Å². The van der Waals surface area contributed by atoms with Crippen LogP contribution < -0.4 is 0 Å². The molecule has 0 saturated carbocycles. The molecule has 0 atom stereocenters. The normalized spacial score (nSPS) is 12.1. The van der Waals surface area contributed by atoms with Crippen molar-refractivity contribution in [1.82, 2.24) is 14.5 Å². The zero-order valence-electron chi connectivity index (χ0n) is 26.1. The number of hydrogen-bond acceptors (Lipinski definition) is 4. The summed E-state index contributed by atoms with van der Waals surface area (Å²) < 4.78 is 15.8. The maximum absolute atomic E-state index is 6.80. The third-order valence-electron chi connectivity index (χ3n) is 9.77. The Hall–Kier alpha value is -6.72. The van der Waals surface area contributed by atoms with E-state index in [0.29, 0.717) is 5.82 Å². The lowest BCUT2D eigenvalue weighted by atomic mass is 10.0. The first-order chi connectivity index (χ1) is 24.3. The van der Waals surface area contributed by atoms with E-state index in [9.17, 15) is 0 Å². The van der Waals surface area contributed by atoms with Gasteiger partial charge in [-0.3, -0.25) is 0 Å². The first kappa shape index (κ1) is 26.4. The van der Waals surface area contributed by atoms with Crippen LogP contribution in [0.3, 0.4) is 0 Å². The average molecular weight is 628 g/mol. The standard InChI is InChI=1S/C44H25N3O2/c1-3-13-26(14-4-1)40-32-25-28(23-24-33(32)45-44(46-40)27-15-5-2-6-16-27)47-34-20-10-7-17-29(34)37-38-30-18-8-11-21-35(30)48-42(38)39-31-19-9-12-22-36(31)49-43(39)41(37)47/h1-25H. The van der Waals surface area contributed by atoms with Crippen LogP contribution in [0.25, 0.3) is 105 Å². The molecule has 0 radical (unpaired) electrons. The molecule has 0 aliphatic carbocycles. The van der Waals surface area contributed by atoms with Crippen LogP contribution in [-0.4, -0.2) is 14.5 Å². The molecule has 49 heavy (non-hydrogen) atoms. The Labute approximate surface area is 279 Å². The highest BCUT2D eigenvalue weighted by molar-refractivity contribution is 6.38. The maximum Gasteiger partial charge on any atom is 0.163 e. The summed E-state index contributed by atoms with van der Waals surface area (Å²) in [5, 5.41) is 7.43. The molecule has 4 heterocycles. The minimum atomic E-state index is 0.703. The monoisotopic (exact) mass is 627 g/mol. The molecular formula is C44H25N3O2. The molecule has 5 nitrogen and oxygen atoms in total. The first-order valence-corrected chi connectivity index (χ1v) is 16.4.